The van der Waals surface area contributed by atoms with E-state index in [4.69, 9.17) is 0 Å². The van der Waals surface area contributed by atoms with Crippen LogP contribution >= 0.6 is 0 Å². The zero-order valence-corrected chi connectivity index (χ0v) is 11.4. The number of para-hydroxylation sites is 1. The molecule has 0 radical (unpaired) electrons. The number of aromatic nitrogens is 1. The van der Waals surface area contributed by atoms with Gasteiger partial charge in [0.2, 0.25) is 0 Å². The third-order valence-electron chi connectivity index (χ3n) is 3.39. The molecule has 0 saturated heterocycles. The predicted octanol–water partition coefficient (Wildman–Crippen LogP) is 3.25. The maximum Gasteiger partial charge on any atom is 0.189 e. The topological polar surface area (TPSA) is 34.0 Å². The number of nitrogens with one attached hydrogen (secondary N) is 1. The van der Waals surface area contributed by atoms with E-state index in [1.807, 2.05) is 34.9 Å². The first-order chi connectivity index (χ1) is 10.2. The standard InChI is InChI=1S/C17H15FN2O/c18-13-4-3-5-14(12-13)19-9-11-20-10-8-17(21)15-6-1-2-7-16(15)20/h1-8,10,12,19H,9,11H2. The van der Waals surface area contributed by atoms with Crippen molar-refractivity contribution in [1.82, 2.24) is 4.57 Å². The van der Waals surface area contributed by atoms with Gasteiger partial charge in [-0.1, -0.05) is 18.2 Å². The van der Waals surface area contributed by atoms with Gasteiger partial charge in [-0.05, 0) is 30.3 Å². The van der Waals surface area contributed by atoms with Crippen molar-refractivity contribution in [3.05, 3.63) is 76.8 Å². The van der Waals surface area contributed by atoms with Crippen LogP contribution in [-0.2, 0) is 6.54 Å². The minimum atomic E-state index is -0.256. The highest BCUT2D eigenvalue weighted by molar-refractivity contribution is 5.78. The molecule has 0 amide bonds. The van der Waals surface area contributed by atoms with Crippen LogP contribution in [0.3, 0.4) is 0 Å². The SMILES string of the molecule is O=c1ccn(CCNc2cccc(F)c2)c2ccccc12. The molecule has 0 bridgehead atoms. The van der Waals surface area contributed by atoms with Gasteiger partial charge >= 0.3 is 0 Å². The molecule has 0 spiro atoms. The van der Waals surface area contributed by atoms with Crippen molar-refractivity contribution >= 4 is 16.6 Å². The fourth-order valence-corrected chi connectivity index (χ4v) is 2.37. The number of hydrogen-bond donors (Lipinski definition) is 1. The van der Waals surface area contributed by atoms with Crippen LogP contribution < -0.4 is 10.7 Å². The molecule has 1 heterocycles. The zero-order valence-electron chi connectivity index (χ0n) is 11.4. The fraction of sp³-hybridized carbons (Fsp3) is 0.118. The van der Waals surface area contributed by atoms with E-state index >= 15 is 0 Å². The summed E-state index contributed by atoms with van der Waals surface area (Å²) in [5.41, 5.74) is 1.69. The summed E-state index contributed by atoms with van der Waals surface area (Å²) in [6, 6.07) is 15.5. The Morgan fingerprint density at radius 3 is 2.76 bits per heavy atom. The monoisotopic (exact) mass is 282 g/mol. The fourth-order valence-electron chi connectivity index (χ4n) is 2.37. The minimum absolute atomic E-state index is 0.0277. The van der Waals surface area contributed by atoms with E-state index in [0.717, 1.165) is 11.2 Å². The van der Waals surface area contributed by atoms with Crippen molar-refractivity contribution in [2.75, 3.05) is 11.9 Å². The summed E-state index contributed by atoms with van der Waals surface area (Å²) in [6.45, 7) is 1.34. The van der Waals surface area contributed by atoms with Crippen LogP contribution in [0.2, 0.25) is 0 Å². The first kappa shape index (κ1) is 13.4. The highest BCUT2D eigenvalue weighted by atomic mass is 19.1. The molecule has 21 heavy (non-hydrogen) atoms. The van der Waals surface area contributed by atoms with Crippen molar-refractivity contribution in [2.45, 2.75) is 6.54 Å². The van der Waals surface area contributed by atoms with Crippen molar-refractivity contribution in [1.29, 1.82) is 0 Å². The Hall–Kier alpha value is -2.62. The largest absolute Gasteiger partial charge is 0.383 e. The number of pyridine rings is 1. The lowest BCUT2D eigenvalue weighted by Crippen LogP contribution is -2.14. The van der Waals surface area contributed by atoms with Crippen LogP contribution in [0.5, 0.6) is 0 Å². The zero-order chi connectivity index (χ0) is 14.7. The molecule has 3 rings (SSSR count). The van der Waals surface area contributed by atoms with Gasteiger partial charge in [0, 0.05) is 36.4 Å². The molecule has 0 atom stereocenters. The van der Waals surface area contributed by atoms with Gasteiger partial charge in [0.1, 0.15) is 5.82 Å². The third-order valence-corrected chi connectivity index (χ3v) is 3.39. The minimum Gasteiger partial charge on any atom is -0.383 e. The number of anilines is 1. The summed E-state index contributed by atoms with van der Waals surface area (Å²) >= 11 is 0. The molecule has 2 aromatic carbocycles. The van der Waals surface area contributed by atoms with Crippen LogP contribution in [0.1, 0.15) is 0 Å². The predicted molar refractivity (Wildman–Crippen MR) is 83.1 cm³/mol. The van der Waals surface area contributed by atoms with E-state index in [1.54, 1.807) is 18.3 Å². The quantitative estimate of drug-likeness (QED) is 0.797. The Labute approximate surface area is 121 Å². The van der Waals surface area contributed by atoms with Crippen LogP contribution in [0.4, 0.5) is 10.1 Å². The highest BCUT2D eigenvalue weighted by Crippen LogP contribution is 2.11. The van der Waals surface area contributed by atoms with Gasteiger partial charge in [0.05, 0.1) is 5.52 Å². The molecular weight excluding hydrogens is 267 g/mol. The average molecular weight is 282 g/mol. The number of rotatable bonds is 4. The van der Waals surface area contributed by atoms with Gasteiger partial charge in [0.25, 0.3) is 0 Å². The number of benzene rings is 2. The van der Waals surface area contributed by atoms with Crippen molar-refractivity contribution in [2.24, 2.45) is 0 Å². The molecule has 4 heteroatoms. The molecule has 1 N–H and O–H groups in total. The van der Waals surface area contributed by atoms with Crippen molar-refractivity contribution in [3.63, 3.8) is 0 Å². The molecule has 0 aliphatic heterocycles. The Morgan fingerprint density at radius 2 is 1.90 bits per heavy atom. The molecule has 0 aliphatic rings. The molecule has 3 aromatic rings. The van der Waals surface area contributed by atoms with Gasteiger partial charge in [-0.3, -0.25) is 4.79 Å². The van der Waals surface area contributed by atoms with E-state index in [1.165, 1.54) is 12.1 Å². The van der Waals surface area contributed by atoms with E-state index in [-0.39, 0.29) is 11.2 Å². The maximum absolute atomic E-state index is 13.1. The summed E-state index contributed by atoms with van der Waals surface area (Å²) in [5.74, 6) is -0.256. The number of nitrogens with zero attached hydrogens (tertiary/aromatic N) is 1. The van der Waals surface area contributed by atoms with Gasteiger partial charge in [0.15, 0.2) is 5.43 Å². The summed E-state index contributed by atoms with van der Waals surface area (Å²) in [7, 11) is 0. The molecule has 0 saturated carbocycles. The van der Waals surface area contributed by atoms with Crippen molar-refractivity contribution < 1.29 is 4.39 Å². The first-order valence-corrected chi connectivity index (χ1v) is 6.82. The lowest BCUT2D eigenvalue weighted by molar-refractivity contribution is 0.628. The summed E-state index contributed by atoms with van der Waals surface area (Å²) < 4.78 is 15.1. The molecule has 1 aromatic heterocycles. The molecule has 0 unspecified atom stereocenters. The van der Waals surface area contributed by atoms with Crippen molar-refractivity contribution in [3.8, 4) is 0 Å². The number of halogens is 1. The lowest BCUT2D eigenvalue weighted by Gasteiger charge is -2.12. The summed E-state index contributed by atoms with van der Waals surface area (Å²) in [4.78, 5) is 11.8. The maximum atomic E-state index is 13.1. The van der Waals surface area contributed by atoms with Crippen LogP contribution in [0.25, 0.3) is 10.9 Å². The first-order valence-electron chi connectivity index (χ1n) is 6.82. The summed E-state index contributed by atoms with van der Waals surface area (Å²) in [5, 5.41) is 3.89. The Balaban J connectivity index is 1.77. The third kappa shape index (κ3) is 2.94. The van der Waals surface area contributed by atoms with Gasteiger partial charge in [-0.25, -0.2) is 4.39 Å². The van der Waals surface area contributed by atoms with E-state index in [2.05, 4.69) is 5.32 Å². The second kappa shape index (κ2) is 5.79. The van der Waals surface area contributed by atoms with Crippen LogP contribution in [0.15, 0.2) is 65.6 Å². The molecule has 0 fully saturated rings. The lowest BCUT2D eigenvalue weighted by atomic mass is 10.2. The Kier molecular flexibility index (Phi) is 3.69. The number of fused-ring (bicyclic) bond motifs is 1. The van der Waals surface area contributed by atoms with E-state index in [0.29, 0.717) is 18.5 Å². The molecular formula is C17H15FN2O. The normalized spacial score (nSPS) is 10.7. The molecule has 106 valence electrons. The molecule has 3 nitrogen and oxygen atoms in total. The second-order valence-corrected chi connectivity index (χ2v) is 4.83. The smallest absolute Gasteiger partial charge is 0.189 e. The average Bonchev–Trinajstić information content (AvgIpc) is 2.50. The van der Waals surface area contributed by atoms with Gasteiger partial charge in [-0.2, -0.15) is 0 Å². The van der Waals surface area contributed by atoms with E-state index in [9.17, 15) is 9.18 Å². The Bertz CT molecular complexity index is 826. The van der Waals surface area contributed by atoms with Gasteiger partial charge < -0.3 is 9.88 Å². The summed E-state index contributed by atoms with van der Waals surface area (Å²) in [6.07, 6.45) is 1.79. The highest BCUT2D eigenvalue weighted by Gasteiger charge is 2.01. The van der Waals surface area contributed by atoms with E-state index < -0.39 is 0 Å². The van der Waals surface area contributed by atoms with Crippen LogP contribution in [0, 0.1) is 5.82 Å². The second-order valence-electron chi connectivity index (χ2n) is 4.83. The molecule has 0 aliphatic carbocycles. The Morgan fingerprint density at radius 1 is 1.05 bits per heavy atom. The van der Waals surface area contributed by atoms with Crippen LogP contribution in [-0.4, -0.2) is 11.1 Å². The van der Waals surface area contributed by atoms with Gasteiger partial charge in [-0.15, -0.1) is 0 Å². The number of hydrogen-bond acceptors (Lipinski definition) is 2.